The summed E-state index contributed by atoms with van der Waals surface area (Å²) in [5.41, 5.74) is 2.25. The Morgan fingerprint density at radius 3 is 2.90 bits per heavy atom. The molecule has 5 nitrogen and oxygen atoms in total. The fourth-order valence-corrected chi connectivity index (χ4v) is 1.95. The van der Waals surface area contributed by atoms with Gasteiger partial charge in [-0.3, -0.25) is 0 Å². The van der Waals surface area contributed by atoms with Crippen LogP contribution < -0.4 is 5.32 Å². The van der Waals surface area contributed by atoms with E-state index in [1.807, 2.05) is 24.4 Å². The van der Waals surface area contributed by atoms with Crippen LogP contribution in [0.4, 0.5) is 4.79 Å². The number of hydrogen-bond acceptors (Lipinski definition) is 3. The van der Waals surface area contributed by atoms with Gasteiger partial charge in [0, 0.05) is 23.6 Å². The molecule has 1 amide bonds. The lowest BCUT2D eigenvalue weighted by Crippen LogP contribution is -2.33. The number of carbonyl (C=O) groups is 1. The van der Waals surface area contributed by atoms with Crippen LogP contribution in [0.15, 0.2) is 30.5 Å². The number of ether oxygens (including phenoxy) is 1. The van der Waals surface area contributed by atoms with Crippen LogP contribution in [-0.4, -0.2) is 34.9 Å². The quantitative estimate of drug-likeness (QED) is 0.783. The van der Waals surface area contributed by atoms with Gasteiger partial charge >= 0.3 is 6.09 Å². The summed E-state index contributed by atoms with van der Waals surface area (Å²) in [6.07, 6.45) is 0.994. The fraction of sp³-hybridized carbons (Fsp3) is 0.400. The van der Waals surface area contributed by atoms with Crippen molar-refractivity contribution in [1.29, 1.82) is 0 Å². The number of aliphatic hydroxyl groups is 1. The molecule has 5 heteroatoms. The Kier molecular flexibility index (Phi) is 4.63. The van der Waals surface area contributed by atoms with Crippen LogP contribution in [0.5, 0.6) is 0 Å². The minimum absolute atomic E-state index is 0.493. The van der Waals surface area contributed by atoms with Crippen molar-refractivity contribution in [3.8, 4) is 0 Å². The van der Waals surface area contributed by atoms with Crippen molar-refractivity contribution in [2.45, 2.75) is 32.5 Å². The molecule has 3 N–H and O–H groups in total. The predicted molar refractivity (Wildman–Crippen MR) is 77.6 cm³/mol. The number of aliphatic hydroxyl groups excluding tert-OH is 1. The van der Waals surface area contributed by atoms with E-state index in [1.165, 1.54) is 5.39 Å². The molecule has 2 atom stereocenters. The second kappa shape index (κ2) is 6.43. The van der Waals surface area contributed by atoms with Gasteiger partial charge in [0.25, 0.3) is 0 Å². The predicted octanol–water partition coefficient (Wildman–Crippen LogP) is 2.21. The molecular formula is C15H20N2O3. The fourth-order valence-electron chi connectivity index (χ4n) is 1.95. The monoisotopic (exact) mass is 276 g/mol. The number of aromatic nitrogens is 1. The van der Waals surface area contributed by atoms with Gasteiger partial charge in [-0.1, -0.05) is 18.2 Å². The maximum atomic E-state index is 11.5. The van der Waals surface area contributed by atoms with Crippen molar-refractivity contribution in [2.75, 3.05) is 6.54 Å². The molecule has 1 aromatic carbocycles. The molecular weight excluding hydrogens is 256 g/mol. The summed E-state index contributed by atoms with van der Waals surface area (Å²) in [5.74, 6) is 0. The largest absolute Gasteiger partial charge is 0.444 e. The Hall–Kier alpha value is -2.01. The number of benzene rings is 1. The summed E-state index contributed by atoms with van der Waals surface area (Å²) in [7, 11) is 0. The molecule has 0 radical (unpaired) electrons. The van der Waals surface area contributed by atoms with Crippen LogP contribution in [0.1, 0.15) is 19.4 Å². The van der Waals surface area contributed by atoms with E-state index >= 15 is 0 Å². The van der Waals surface area contributed by atoms with E-state index in [9.17, 15) is 9.90 Å². The Balaban J connectivity index is 1.83. The zero-order valence-corrected chi connectivity index (χ0v) is 11.7. The van der Waals surface area contributed by atoms with Crippen LogP contribution in [0.25, 0.3) is 10.9 Å². The third kappa shape index (κ3) is 3.51. The zero-order valence-electron chi connectivity index (χ0n) is 11.7. The van der Waals surface area contributed by atoms with E-state index in [0.717, 1.165) is 17.5 Å². The minimum Gasteiger partial charge on any atom is -0.444 e. The van der Waals surface area contributed by atoms with Crippen molar-refractivity contribution in [3.05, 3.63) is 36.0 Å². The Morgan fingerprint density at radius 1 is 1.40 bits per heavy atom. The van der Waals surface area contributed by atoms with Gasteiger partial charge in [0.1, 0.15) is 6.10 Å². The molecule has 0 saturated carbocycles. The summed E-state index contributed by atoms with van der Waals surface area (Å²) in [5, 5.41) is 13.1. The number of H-pyrrole nitrogens is 1. The third-order valence-electron chi connectivity index (χ3n) is 3.31. The van der Waals surface area contributed by atoms with Crippen molar-refractivity contribution in [1.82, 2.24) is 10.3 Å². The molecule has 2 rings (SSSR count). The molecule has 0 aliphatic carbocycles. The van der Waals surface area contributed by atoms with E-state index in [2.05, 4.69) is 16.4 Å². The lowest BCUT2D eigenvalue weighted by molar-refractivity contribution is 0.0225. The average molecular weight is 276 g/mol. The van der Waals surface area contributed by atoms with E-state index in [-0.39, 0.29) is 0 Å². The first-order valence-electron chi connectivity index (χ1n) is 6.75. The highest BCUT2D eigenvalue weighted by Gasteiger charge is 2.13. The summed E-state index contributed by atoms with van der Waals surface area (Å²) in [6, 6.07) is 8.04. The lowest BCUT2D eigenvalue weighted by atomic mass is 10.1. The summed E-state index contributed by atoms with van der Waals surface area (Å²) in [4.78, 5) is 14.7. The molecule has 0 fully saturated rings. The highest BCUT2D eigenvalue weighted by atomic mass is 16.6. The number of carbonyl (C=O) groups excluding carboxylic acids is 1. The van der Waals surface area contributed by atoms with Crippen LogP contribution in [0, 0.1) is 0 Å². The lowest BCUT2D eigenvalue weighted by Gasteiger charge is -2.15. The van der Waals surface area contributed by atoms with Crippen molar-refractivity contribution in [2.24, 2.45) is 0 Å². The number of hydrogen-bond donors (Lipinski definition) is 3. The third-order valence-corrected chi connectivity index (χ3v) is 3.31. The van der Waals surface area contributed by atoms with Crippen LogP contribution in [-0.2, 0) is 11.2 Å². The highest BCUT2D eigenvalue weighted by Crippen LogP contribution is 2.17. The number of aromatic amines is 1. The van der Waals surface area contributed by atoms with E-state index in [4.69, 9.17) is 4.74 Å². The first-order valence-corrected chi connectivity index (χ1v) is 6.75. The van der Waals surface area contributed by atoms with E-state index < -0.39 is 18.3 Å². The van der Waals surface area contributed by atoms with Crippen molar-refractivity contribution < 1.29 is 14.6 Å². The van der Waals surface area contributed by atoms with Gasteiger partial charge in [-0.25, -0.2) is 4.79 Å². The summed E-state index contributed by atoms with van der Waals surface area (Å²) in [6.45, 7) is 3.74. The van der Waals surface area contributed by atoms with Crippen molar-refractivity contribution in [3.63, 3.8) is 0 Å². The molecule has 1 heterocycles. The summed E-state index contributed by atoms with van der Waals surface area (Å²) < 4.78 is 5.01. The molecule has 1 aromatic heterocycles. The molecule has 0 aliphatic heterocycles. The number of nitrogens with one attached hydrogen (secondary N) is 2. The Morgan fingerprint density at radius 2 is 2.15 bits per heavy atom. The van der Waals surface area contributed by atoms with Crippen molar-refractivity contribution >= 4 is 17.0 Å². The summed E-state index contributed by atoms with van der Waals surface area (Å²) >= 11 is 0. The molecule has 0 aliphatic rings. The molecule has 2 aromatic rings. The number of amides is 1. The van der Waals surface area contributed by atoms with Gasteiger partial charge in [-0.05, 0) is 31.9 Å². The smallest absolute Gasteiger partial charge is 0.407 e. The molecule has 0 bridgehead atoms. The number of fused-ring (bicyclic) bond motifs is 1. The van der Waals surface area contributed by atoms with E-state index in [0.29, 0.717) is 6.54 Å². The van der Waals surface area contributed by atoms with Gasteiger partial charge in [0.05, 0.1) is 6.10 Å². The first kappa shape index (κ1) is 14.4. The normalized spacial score (nSPS) is 13.9. The maximum absolute atomic E-state index is 11.5. The van der Waals surface area contributed by atoms with Gasteiger partial charge < -0.3 is 20.1 Å². The molecule has 0 saturated heterocycles. The van der Waals surface area contributed by atoms with Gasteiger partial charge in [-0.15, -0.1) is 0 Å². The topological polar surface area (TPSA) is 74.3 Å². The minimum atomic E-state index is -0.672. The maximum Gasteiger partial charge on any atom is 0.407 e. The molecule has 0 spiro atoms. The van der Waals surface area contributed by atoms with Gasteiger partial charge in [0.2, 0.25) is 0 Å². The number of alkyl carbamates (subject to hydrolysis) is 1. The number of para-hydroxylation sites is 1. The van der Waals surface area contributed by atoms with Gasteiger partial charge in [-0.2, -0.15) is 0 Å². The second-order valence-corrected chi connectivity index (χ2v) is 4.89. The van der Waals surface area contributed by atoms with Crippen LogP contribution in [0.2, 0.25) is 0 Å². The molecule has 20 heavy (non-hydrogen) atoms. The first-order chi connectivity index (χ1) is 9.58. The molecule has 108 valence electrons. The number of rotatable bonds is 5. The second-order valence-electron chi connectivity index (χ2n) is 4.89. The Labute approximate surface area is 117 Å². The zero-order chi connectivity index (χ0) is 14.5. The Bertz CT molecular complexity index is 577. The van der Waals surface area contributed by atoms with E-state index in [1.54, 1.807) is 13.8 Å². The highest BCUT2D eigenvalue weighted by molar-refractivity contribution is 5.83. The SMILES string of the molecule is C[C@H](O)[C@H](C)OC(=O)NCCc1c[nH]c2ccccc12. The standard InChI is InChI=1S/C15H20N2O3/c1-10(18)11(2)20-15(19)16-8-7-12-9-17-14-6-4-3-5-13(12)14/h3-6,9-11,17-18H,7-8H2,1-2H3,(H,16,19)/t10-,11-/m0/s1. The molecule has 0 unspecified atom stereocenters. The van der Waals surface area contributed by atoms with Crippen LogP contribution >= 0.6 is 0 Å². The van der Waals surface area contributed by atoms with Crippen LogP contribution in [0.3, 0.4) is 0 Å². The van der Waals surface area contributed by atoms with Gasteiger partial charge in [0.15, 0.2) is 0 Å². The average Bonchev–Trinajstić information content (AvgIpc) is 2.82.